The number of hydrogen-bond acceptors (Lipinski definition) is 3. The quantitative estimate of drug-likeness (QED) is 0.799. The van der Waals surface area contributed by atoms with Crippen LogP contribution < -0.4 is 0 Å². The van der Waals surface area contributed by atoms with Gasteiger partial charge >= 0.3 is 0 Å². The summed E-state index contributed by atoms with van der Waals surface area (Å²) in [5.74, 6) is 0. The van der Waals surface area contributed by atoms with Crippen LogP contribution in [-0.2, 0) is 0 Å². The van der Waals surface area contributed by atoms with Gasteiger partial charge in [0.15, 0.2) is 5.65 Å². The minimum atomic E-state index is 0.497. The van der Waals surface area contributed by atoms with E-state index in [1.165, 1.54) is 31.5 Å². The standard InChI is InChI=1S/C18H20N4/c1-13(22-11-2-3-12-22)14-6-8-15(9-7-14)17-16-5-4-10-19-18(16)21-20-17/h4-10,13H,2-3,11-12H2,1H3,(H,19,20,21)/t13-/m1/s1. The fourth-order valence-corrected chi connectivity index (χ4v) is 3.34. The third-order valence-corrected chi connectivity index (χ3v) is 4.70. The molecule has 1 N–H and O–H groups in total. The molecule has 0 saturated carbocycles. The second-order valence-electron chi connectivity index (χ2n) is 6.01. The first-order valence-corrected chi connectivity index (χ1v) is 7.96. The summed E-state index contributed by atoms with van der Waals surface area (Å²) in [7, 11) is 0. The van der Waals surface area contributed by atoms with E-state index in [0.717, 1.165) is 22.3 Å². The molecule has 0 amide bonds. The molecule has 2 aromatic heterocycles. The molecule has 3 heterocycles. The summed E-state index contributed by atoms with van der Waals surface area (Å²) < 4.78 is 0. The molecule has 4 rings (SSSR count). The predicted molar refractivity (Wildman–Crippen MR) is 88.5 cm³/mol. The number of aromatic nitrogens is 3. The molecule has 3 aromatic rings. The van der Waals surface area contributed by atoms with Gasteiger partial charge in [-0.05, 0) is 50.6 Å². The van der Waals surface area contributed by atoms with Gasteiger partial charge < -0.3 is 0 Å². The Bertz CT molecular complexity index is 769. The highest BCUT2D eigenvalue weighted by atomic mass is 15.2. The molecular weight excluding hydrogens is 272 g/mol. The summed E-state index contributed by atoms with van der Waals surface area (Å²) in [5.41, 5.74) is 4.36. The minimum absolute atomic E-state index is 0.497. The Morgan fingerprint density at radius 3 is 2.64 bits per heavy atom. The average molecular weight is 292 g/mol. The molecule has 0 spiro atoms. The Morgan fingerprint density at radius 2 is 1.86 bits per heavy atom. The number of nitrogens with zero attached hydrogens (tertiary/aromatic N) is 3. The van der Waals surface area contributed by atoms with Crippen LogP contribution in [0.3, 0.4) is 0 Å². The second-order valence-corrected chi connectivity index (χ2v) is 6.01. The Hall–Kier alpha value is -2.20. The van der Waals surface area contributed by atoms with Crippen molar-refractivity contribution in [2.24, 2.45) is 0 Å². The summed E-state index contributed by atoms with van der Waals surface area (Å²) >= 11 is 0. The first-order chi connectivity index (χ1) is 10.8. The molecule has 1 aliphatic heterocycles. The zero-order valence-corrected chi connectivity index (χ0v) is 12.8. The Balaban J connectivity index is 1.64. The van der Waals surface area contributed by atoms with Gasteiger partial charge in [-0.1, -0.05) is 24.3 Å². The Kier molecular flexibility index (Phi) is 3.39. The average Bonchev–Trinajstić information content (AvgIpc) is 3.24. The number of pyridine rings is 1. The Labute approximate surface area is 130 Å². The van der Waals surface area contributed by atoms with Gasteiger partial charge in [-0.25, -0.2) is 4.98 Å². The molecule has 112 valence electrons. The number of fused-ring (bicyclic) bond motifs is 1. The third-order valence-electron chi connectivity index (χ3n) is 4.70. The highest BCUT2D eigenvalue weighted by molar-refractivity contribution is 5.90. The van der Waals surface area contributed by atoms with Crippen LogP contribution >= 0.6 is 0 Å². The normalized spacial score (nSPS) is 17.1. The van der Waals surface area contributed by atoms with Gasteiger partial charge in [0, 0.05) is 23.2 Å². The molecule has 4 heteroatoms. The topological polar surface area (TPSA) is 44.8 Å². The van der Waals surface area contributed by atoms with Crippen LogP contribution in [0, 0.1) is 0 Å². The monoisotopic (exact) mass is 292 g/mol. The number of H-pyrrole nitrogens is 1. The van der Waals surface area contributed by atoms with E-state index in [4.69, 9.17) is 0 Å². The van der Waals surface area contributed by atoms with E-state index in [2.05, 4.69) is 57.3 Å². The fraction of sp³-hybridized carbons (Fsp3) is 0.333. The van der Waals surface area contributed by atoms with E-state index < -0.39 is 0 Å². The molecule has 0 aliphatic carbocycles. The van der Waals surface area contributed by atoms with Crippen molar-refractivity contribution in [3.8, 4) is 11.3 Å². The Morgan fingerprint density at radius 1 is 1.09 bits per heavy atom. The highest BCUT2D eigenvalue weighted by Crippen LogP contribution is 2.29. The van der Waals surface area contributed by atoms with Crippen LogP contribution in [-0.4, -0.2) is 33.2 Å². The van der Waals surface area contributed by atoms with E-state index in [9.17, 15) is 0 Å². The van der Waals surface area contributed by atoms with Crippen LogP contribution in [0.25, 0.3) is 22.3 Å². The van der Waals surface area contributed by atoms with E-state index in [1.54, 1.807) is 6.20 Å². The summed E-state index contributed by atoms with van der Waals surface area (Å²) in [6, 6.07) is 13.3. The summed E-state index contributed by atoms with van der Waals surface area (Å²) in [6.07, 6.45) is 4.43. The van der Waals surface area contributed by atoms with Gasteiger partial charge in [-0.2, -0.15) is 5.10 Å². The second kappa shape index (κ2) is 5.54. The van der Waals surface area contributed by atoms with Gasteiger partial charge in [-0.15, -0.1) is 0 Å². The van der Waals surface area contributed by atoms with Gasteiger partial charge in [-0.3, -0.25) is 10.00 Å². The number of aromatic amines is 1. The molecular formula is C18H20N4. The van der Waals surface area contributed by atoms with Crippen molar-refractivity contribution in [2.45, 2.75) is 25.8 Å². The SMILES string of the molecule is C[C@H](c1ccc(-c2[nH]nc3ncccc23)cc1)N1CCCC1. The maximum Gasteiger partial charge on any atom is 0.181 e. The van der Waals surface area contributed by atoms with Gasteiger partial charge in [0.2, 0.25) is 0 Å². The number of likely N-dealkylation sites (tertiary alicyclic amines) is 1. The highest BCUT2D eigenvalue weighted by Gasteiger charge is 2.19. The largest absolute Gasteiger partial charge is 0.297 e. The molecule has 4 nitrogen and oxygen atoms in total. The zero-order chi connectivity index (χ0) is 14.9. The molecule has 0 radical (unpaired) electrons. The van der Waals surface area contributed by atoms with Crippen LogP contribution in [0.15, 0.2) is 42.6 Å². The van der Waals surface area contributed by atoms with Crippen molar-refractivity contribution < 1.29 is 0 Å². The lowest BCUT2D eigenvalue weighted by molar-refractivity contribution is 0.263. The summed E-state index contributed by atoms with van der Waals surface area (Å²) in [6.45, 7) is 4.75. The lowest BCUT2D eigenvalue weighted by Gasteiger charge is -2.24. The van der Waals surface area contributed by atoms with E-state index >= 15 is 0 Å². The molecule has 1 fully saturated rings. The number of hydrogen-bond donors (Lipinski definition) is 1. The van der Waals surface area contributed by atoms with Crippen molar-refractivity contribution in [3.05, 3.63) is 48.2 Å². The van der Waals surface area contributed by atoms with Crippen molar-refractivity contribution in [3.63, 3.8) is 0 Å². The van der Waals surface area contributed by atoms with Crippen LogP contribution in [0.4, 0.5) is 0 Å². The number of nitrogens with one attached hydrogen (secondary N) is 1. The first kappa shape index (κ1) is 13.5. The fourth-order valence-electron chi connectivity index (χ4n) is 3.34. The van der Waals surface area contributed by atoms with Gasteiger partial charge in [0.05, 0.1) is 5.69 Å². The molecule has 1 aromatic carbocycles. The third kappa shape index (κ3) is 2.29. The summed E-state index contributed by atoms with van der Waals surface area (Å²) in [4.78, 5) is 6.84. The van der Waals surface area contributed by atoms with E-state index in [-0.39, 0.29) is 0 Å². The van der Waals surface area contributed by atoms with Gasteiger partial charge in [0.25, 0.3) is 0 Å². The van der Waals surface area contributed by atoms with Crippen LogP contribution in [0.2, 0.25) is 0 Å². The predicted octanol–water partition coefficient (Wildman–Crippen LogP) is 3.78. The molecule has 1 aliphatic rings. The van der Waals surface area contributed by atoms with E-state index in [0.29, 0.717) is 6.04 Å². The maximum absolute atomic E-state index is 4.28. The number of benzene rings is 1. The molecule has 22 heavy (non-hydrogen) atoms. The van der Waals surface area contributed by atoms with Crippen molar-refractivity contribution in [2.75, 3.05) is 13.1 Å². The summed E-state index contributed by atoms with van der Waals surface area (Å²) in [5, 5.41) is 8.45. The zero-order valence-electron chi connectivity index (χ0n) is 12.8. The van der Waals surface area contributed by atoms with Crippen LogP contribution in [0.5, 0.6) is 0 Å². The van der Waals surface area contributed by atoms with Gasteiger partial charge in [0.1, 0.15) is 0 Å². The minimum Gasteiger partial charge on any atom is -0.297 e. The van der Waals surface area contributed by atoms with Crippen LogP contribution in [0.1, 0.15) is 31.4 Å². The van der Waals surface area contributed by atoms with E-state index in [1.807, 2.05) is 6.07 Å². The lowest BCUT2D eigenvalue weighted by atomic mass is 10.0. The number of rotatable bonds is 3. The molecule has 0 unspecified atom stereocenters. The molecule has 1 saturated heterocycles. The first-order valence-electron chi connectivity index (χ1n) is 7.96. The van der Waals surface area contributed by atoms with Crippen molar-refractivity contribution in [1.29, 1.82) is 0 Å². The molecule has 0 bridgehead atoms. The van der Waals surface area contributed by atoms with Crippen molar-refractivity contribution in [1.82, 2.24) is 20.1 Å². The maximum atomic E-state index is 4.28. The molecule has 1 atom stereocenters. The lowest BCUT2D eigenvalue weighted by Crippen LogP contribution is -2.23. The van der Waals surface area contributed by atoms with Crippen molar-refractivity contribution >= 4 is 11.0 Å². The smallest absolute Gasteiger partial charge is 0.181 e.